The van der Waals surface area contributed by atoms with Gasteiger partial charge in [-0.1, -0.05) is 36.1 Å². The zero-order chi connectivity index (χ0) is 28.3. The molecule has 0 bridgehead atoms. The summed E-state index contributed by atoms with van der Waals surface area (Å²) < 4.78 is 12.2. The molecule has 2 amide bonds. The number of thiocarbonyl (C=S) groups is 1. The van der Waals surface area contributed by atoms with Crippen LogP contribution in [0.3, 0.4) is 0 Å². The summed E-state index contributed by atoms with van der Waals surface area (Å²) >= 11 is 6.73. The van der Waals surface area contributed by atoms with Crippen LogP contribution in [-0.4, -0.2) is 70.6 Å². The van der Waals surface area contributed by atoms with Crippen LogP contribution in [0.25, 0.3) is 6.08 Å². The lowest BCUT2D eigenvalue weighted by Crippen LogP contribution is -2.50. The Morgan fingerprint density at radius 1 is 1.18 bits per heavy atom. The Labute approximate surface area is 236 Å². The maximum atomic E-state index is 13.5. The number of nitrogens with zero attached hydrogens (tertiary/aromatic N) is 5. The Balaban J connectivity index is 1.68. The third kappa shape index (κ3) is 5.65. The number of rotatable bonds is 6. The van der Waals surface area contributed by atoms with E-state index in [9.17, 15) is 19.6 Å². The van der Waals surface area contributed by atoms with Crippen LogP contribution >= 0.6 is 24.0 Å². The van der Waals surface area contributed by atoms with Gasteiger partial charge >= 0.3 is 6.09 Å². The highest BCUT2D eigenvalue weighted by Gasteiger charge is 2.34. The van der Waals surface area contributed by atoms with Gasteiger partial charge in [0.05, 0.1) is 25.2 Å². The van der Waals surface area contributed by atoms with E-state index in [4.69, 9.17) is 21.7 Å². The zero-order valence-corrected chi connectivity index (χ0v) is 23.9. The molecule has 0 spiro atoms. The van der Waals surface area contributed by atoms with E-state index in [0.29, 0.717) is 65.5 Å². The van der Waals surface area contributed by atoms with Crippen LogP contribution in [0.1, 0.15) is 29.2 Å². The average Bonchev–Trinajstić information content (AvgIpc) is 3.20. The van der Waals surface area contributed by atoms with Crippen molar-refractivity contribution in [2.75, 3.05) is 44.8 Å². The van der Waals surface area contributed by atoms with Crippen molar-refractivity contribution in [3.8, 4) is 11.8 Å². The van der Waals surface area contributed by atoms with Gasteiger partial charge in [0, 0.05) is 38.8 Å². The number of methoxy groups -OCH3 is 1. The van der Waals surface area contributed by atoms with Gasteiger partial charge in [-0.05, 0) is 43.2 Å². The van der Waals surface area contributed by atoms with Crippen molar-refractivity contribution in [3.05, 3.63) is 61.8 Å². The lowest BCUT2D eigenvalue weighted by molar-refractivity contribution is -0.122. The minimum Gasteiger partial charge on any atom is -0.497 e. The highest BCUT2D eigenvalue weighted by molar-refractivity contribution is 8.26. The lowest BCUT2D eigenvalue weighted by atomic mass is 10.0. The Bertz CT molecular complexity index is 1440. The summed E-state index contributed by atoms with van der Waals surface area (Å²) in [6.07, 6.45) is 1.35. The van der Waals surface area contributed by atoms with Crippen LogP contribution in [0.5, 0.6) is 5.75 Å². The molecule has 0 atom stereocenters. The van der Waals surface area contributed by atoms with Crippen LogP contribution in [0.15, 0.2) is 34.0 Å². The highest BCUT2D eigenvalue weighted by Crippen LogP contribution is 2.36. The summed E-state index contributed by atoms with van der Waals surface area (Å²) in [5, 5.41) is 9.73. The van der Waals surface area contributed by atoms with Crippen LogP contribution in [-0.2, 0) is 23.1 Å². The summed E-state index contributed by atoms with van der Waals surface area (Å²) in [4.78, 5) is 44.2. The van der Waals surface area contributed by atoms with Gasteiger partial charge in [-0.2, -0.15) is 5.26 Å². The predicted molar refractivity (Wildman–Crippen MR) is 154 cm³/mol. The second kappa shape index (κ2) is 11.9. The van der Waals surface area contributed by atoms with E-state index in [2.05, 4.69) is 0 Å². The molecule has 10 nitrogen and oxygen atoms in total. The Hall–Kier alpha value is -3.82. The number of thioether (sulfide) groups is 1. The van der Waals surface area contributed by atoms with Gasteiger partial charge in [0.15, 0.2) is 0 Å². The molecule has 0 aliphatic carbocycles. The number of anilines is 1. The largest absolute Gasteiger partial charge is 0.497 e. The van der Waals surface area contributed by atoms with Crippen molar-refractivity contribution in [2.24, 2.45) is 7.05 Å². The smallest absolute Gasteiger partial charge is 0.409 e. The molecule has 0 unspecified atom stereocenters. The van der Waals surface area contributed by atoms with Crippen molar-refractivity contribution in [3.63, 3.8) is 0 Å². The van der Waals surface area contributed by atoms with Crippen LogP contribution < -0.4 is 15.2 Å². The first kappa shape index (κ1) is 28.2. The third-order valence-corrected chi connectivity index (χ3v) is 8.10. The van der Waals surface area contributed by atoms with Gasteiger partial charge in [-0.15, -0.1) is 0 Å². The molecule has 4 rings (SSSR count). The molecular formula is C27H29N5O5S2. The van der Waals surface area contributed by atoms with Crippen molar-refractivity contribution < 1.29 is 19.1 Å². The fraction of sp³-hybridized carbons (Fsp3) is 0.370. The second-order valence-corrected chi connectivity index (χ2v) is 10.7. The van der Waals surface area contributed by atoms with Gasteiger partial charge in [0.2, 0.25) is 0 Å². The van der Waals surface area contributed by atoms with E-state index in [1.54, 1.807) is 39.0 Å². The van der Waals surface area contributed by atoms with Crippen LogP contribution in [0.4, 0.5) is 10.6 Å². The molecule has 2 aliphatic rings. The number of hydrogen-bond acceptors (Lipinski definition) is 9. The van der Waals surface area contributed by atoms with E-state index in [0.717, 1.165) is 11.3 Å². The van der Waals surface area contributed by atoms with Crippen molar-refractivity contribution in [1.82, 2.24) is 14.4 Å². The molecule has 0 saturated carbocycles. The summed E-state index contributed by atoms with van der Waals surface area (Å²) in [7, 11) is 3.21. The van der Waals surface area contributed by atoms with Gasteiger partial charge in [-0.3, -0.25) is 19.1 Å². The minimum atomic E-state index is -0.415. The number of hydrogen-bond donors (Lipinski definition) is 0. The minimum absolute atomic E-state index is 0.0198. The molecule has 1 aromatic carbocycles. The second-order valence-electron chi connectivity index (χ2n) is 9.00. The van der Waals surface area contributed by atoms with Gasteiger partial charge in [-0.25, -0.2) is 4.79 Å². The molecule has 12 heteroatoms. The molecule has 3 heterocycles. The Morgan fingerprint density at radius 3 is 2.44 bits per heavy atom. The molecular weight excluding hydrogens is 538 g/mol. The number of amides is 2. The number of benzene rings is 1. The lowest BCUT2D eigenvalue weighted by Gasteiger charge is -2.37. The number of carbonyl (C=O) groups excluding carboxylic acids is 2. The molecule has 2 aliphatic heterocycles. The van der Waals surface area contributed by atoms with Crippen LogP contribution in [0.2, 0.25) is 0 Å². The summed E-state index contributed by atoms with van der Waals surface area (Å²) in [5.74, 6) is 1.06. The number of aromatic nitrogens is 1. The molecule has 39 heavy (non-hydrogen) atoms. The summed E-state index contributed by atoms with van der Waals surface area (Å²) in [6.45, 7) is 5.81. The molecule has 204 valence electrons. The Morgan fingerprint density at radius 2 is 1.85 bits per heavy atom. The Kier molecular flexibility index (Phi) is 8.62. The maximum absolute atomic E-state index is 13.5. The number of ether oxygens (including phenoxy) is 2. The van der Waals surface area contributed by atoms with Gasteiger partial charge < -0.3 is 19.3 Å². The van der Waals surface area contributed by atoms with Gasteiger partial charge in [0.25, 0.3) is 11.5 Å². The number of piperazine rings is 1. The SMILES string of the molecule is CCOC(=O)N1CCN(c2c(C=C3SC(=S)N(Cc4ccc(OC)cc4)C3=O)c(C)c(C#N)c(=O)n2C)CC1. The van der Waals surface area contributed by atoms with Crippen molar-refractivity contribution in [2.45, 2.75) is 20.4 Å². The molecule has 0 radical (unpaired) electrons. The first-order chi connectivity index (χ1) is 18.7. The highest BCUT2D eigenvalue weighted by atomic mass is 32.2. The number of nitriles is 1. The first-order valence-electron chi connectivity index (χ1n) is 12.4. The van der Waals surface area contributed by atoms with E-state index >= 15 is 0 Å². The molecule has 2 saturated heterocycles. The average molecular weight is 568 g/mol. The predicted octanol–water partition coefficient (Wildman–Crippen LogP) is 3.25. The van der Waals surface area contributed by atoms with Gasteiger partial charge in [0.1, 0.15) is 27.5 Å². The molecule has 2 aromatic rings. The quantitative estimate of drug-likeness (QED) is 0.384. The van der Waals surface area contributed by atoms with E-state index < -0.39 is 5.56 Å². The molecule has 2 fully saturated rings. The fourth-order valence-electron chi connectivity index (χ4n) is 4.59. The van der Waals surface area contributed by atoms with Crippen molar-refractivity contribution >= 4 is 52.2 Å². The normalized spacial score (nSPS) is 16.6. The van der Waals surface area contributed by atoms with Crippen molar-refractivity contribution in [1.29, 1.82) is 5.26 Å². The number of carbonyl (C=O) groups is 2. The first-order valence-corrected chi connectivity index (χ1v) is 13.6. The standard InChI is InChI=1S/C27H29N5O5S2/c1-5-37-26(35)31-12-10-30(11-13-31)23-20(17(2)21(15-28)24(33)29(23)3)14-22-25(34)32(27(38)39-22)16-18-6-8-19(36-4)9-7-18/h6-9,14H,5,10-13,16H2,1-4H3. The fourth-order valence-corrected chi connectivity index (χ4v) is 5.83. The monoisotopic (exact) mass is 567 g/mol. The maximum Gasteiger partial charge on any atom is 0.409 e. The third-order valence-electron chi connectivity index (χ3n) is 6.72. The molecule has 0 N–H and O–H groups in total. The summed E-state index contributed by atoms with van der Waals surface area (Å²) in [5.41, 5.74) is 1.60. The van der Waals surface area contributed by atoms with E-state index in [1.807, 2.05) is 35.2 Å². The number of pyridine rings is 1. The van der Waals surface area contributed by atoms with Crippen LogP contribution in [0, 0.1) is 18.3 Å². The van der Waals surface area contributed by atoms with E-state index in [-0.39, 0.29) is 17.6 Å². The van der Waals surface area contributed by atoms with E-state index in [1.165, 1.54) is 21.2 Å². The zero-order valence-electron chi connectivity index (χ0n) is 22.2. The topological polar surface area (TPSA) is 108 Å². The molecule has 1 aromatic heterocycles. The summed E-state index contributed by atoms with van der Waals surface area (Å²) in [6, 6.07) is 9.43.